The van der Waals surface area contributed by atoms with Crippen molar-refractivity contribution in [2.24, 2.45) is 13.0 Å². The second-order valence-corrected chi connectivity index (χ2v) is 8.62. The lowest BCUT2D eigenvalue weighted by Crippen LogP contribution is -2.56. The van der Waals surface area contributed by atoms with Crippen LogP contribution in [-0.2, 0) is 18.4 Å². The number of thioether (sulfide) groups is 1. The van der Waals surface area contributed by atoms with Crippen LogP contribution < -0.4 is 0 Å². The second-order valence-electron chi connectivity index (χ2n) is 7.63. The number of rotatable bonds is 6. The zero-order valence-electron chi connectivity index (χ0n) is 16.2. The molecule has 2 aliphatic heterocycles. The number of hydrogen-bond acceptors (Lipinski definition) is 4. The molecule has 1 amide bonds. The minimum absolute atomic E-state index is 0.360. The molecule has 0 saturated carbocycles. The predicted molar refractivity (Wildman–Crippen MR) is 106 cm³/mol. The molecule has 3 rings (SSSR count). The van der Waals surface area contributed by atoms with E-state index in [2.05, 4.69) is 29.0 Å². The molecule has 2 aliphatic rings. The van der Waals surface area contributed by atoms with E-state index in [0.29, 0.717) is 24.3 Å². The van der Waals surface area contributed by atoms with Crippen molar-refractivity contribution < 1.29 is 4.79 Å². The van der Waals surface area contributed by atoms with Gasteiger partial charge in [0, 0.05) is 51.4 Å². The Morgan fingerprint density at radius 2 is 2.19 bits per heavy atom. The average Bonchev–Trinajstić information content (AvgIpc) is 2.91. The van der Waals surface area contributed by atoms with E-state index in [1.807, 2.05) is 29.4 Å². The van der Waals surface area contributed by atoms with E-state index in [4.69, 9.17) is 0 Å². The first-order valence-corrected chi connectivity index (χ1v) is 11.0. The van der Waals surface area contributed by atoms with Gasteiger partial charge in [-0.3, -0.25) is 9.69 Å². The van der Waals surface area contributed by atoms with Gasteiger partial charge in [-0.1, -0.05) is 0 Å². The molecule has 0 radical (unpaired) electrons. The summed E-state index contributed by atoms with van der Waals surface area (Å²) in [5.41, 5.74) is 3.17. The fourth-order valence-corrected chi connectivity index (χ4v) is 4.93. The largest absolute Gasteiger partial charge is 0.340 e. The zero-order valence-corrected chi connectivity index (χ0v) is 17.0. The molecule has 0 aromatic carbocycles. The van der Waals surface area contributed by atoms with Crippen LogP contribution >= 0.6 is 11.8 Å². The van der Waals surface area contributed by atoms with Crippen LogP contribution in [0.1, 0.15) is 42.6 Å². The molecule has 0 bridgehead atoms. The lowest BCUT2D eigenvalue weighted by atomic mass is 9.83. The SMILES string of the molecule is CSCCCN1C(=O)CC[C@H]2CN(Cc3cc(C#N)n(C)c3C)CC[C@H]21. The standard InChI is InChI=1S/C20H30N4OS/c1-15-17(11-18(12-21)22(15)2)14-23-9-7-19-16(13-23)5-6-20(25)24(19)8-4-10-26-3/h11,16,19H,4-10,13-14H2,1-3H3/t16-,19+/m0/s1. The summed E-state index contributed by atoms with van der Waals surface area (Å²) in [4.78, 5) is 17.1. The Labute approximate surface area is 161 Å². The smallest absolute Gasteiger partial charge is 0.222 e. The number of aromatic nitrogens is 1. The van der Waals surface area contributed by atoms with Gasteiger partial charge < -0.3 is 9.47 Å². The Bertz CT molecular complexity index is 693. The number of likely N-dealkylation sites (tertiary alicyclic amines) is 2. The average molecular weight is 375 g/mol. The summed E-state index contributed by atoms with van der Waals surface area (Å²) >= 11 is 1.86. The highest BCUT2D eigenvalue weighted by Crippen LogP contribution is 2.32. The number of nitriles is 1. The maximum Gasteiger partial charge on any atom is 0.222 e. The Morgan fingerprint density at radius 1 is 1.38 bits per heavy atom. The summed E-state index contributed by atoms with van der Waals surface area (Å²) in [5.74, 6) is 2.08. The minimum atomic E-state index is 0.360. The Kier molecular flexibility index (Phi) is 6.31. The molecule has 142 valence electrons. The van der Waals surface area contributed by atoms with Gasteiger partial charge in [-0.15, -0.1) is 0 Å². The number of nitrogens with zero attached hydrogens (tertiary/aromatic N) is 4. The highest BCUT2D eigenvalue weighted by atomic mass is 32.2. The van der Waals surface area contributed by atoms with Crippen LogP contribution in [0.5, 0.6) is 0 Å². The molecule has 3 heterocycles. The molecule has 1 aromatic heterocycles. The number of carbonyl (C=O) groups is 1. The van der Waals surface area contributed by atoms with Crippen LogP contribution in [0.15, 0.2) is 6.07 Å². The van der Waals surface area contributed by atoms with E-state index in [0.717, 1.165) is 56.9 Å². The van der Waals surface area contributed by atoms with Crippen molar-refractivity contribution in [2.45, 2.75) is 45.2 Å². The number of amides is 1. The molecule has 0 unspecified atom stereocenters. The van der Waals surface area contributed by atoms with Crippen LogP contribution in [0.2, 0.25) is 0 Å². The Morgan fingerprint density at radius 3 is 2.88 bits per heavy atom. The molecule has 0 N–H and O–H groups in total. The van der Waals surface area contributed by atoms with Crippen molar-refractivity contribution in [1.29, 1.82) is 5.26 Å². The number of fused-ring (bicyclic) bond motifs is 1. The van der Waals surface area contributed by atoms with Crippen molar-refractivity contribution in [3.05, 3.63) is 23.0 Å². The Hall–Kier alpha value is -1.45. The summed E-state index contributed by atoms with van der Waals surface area (Å²) in [7, 11) is 1.96. The third kappa shape index (κ3) is 3.94. The van der Waals surface area contributed by atoms with E-state index in [1.165, 1.54) is 11.3 Å². The maximum atomic E-state index is 12.4. The third-order valence-electron chi connectivity index (χ3n) is 6.12. The molecule has 26 heavy (non-hydrogen) atoms. The molecule has 5 nitrogen and oxygen atoms in total. The normalized spacial score (nSPS) is 23.8. The topological polar surface area (TPSA) is 52.3 Å². The van der Waals surface area contributed by atoms with Gasteiger partial charge in [0.05, 0.1) is 0 Å². The second kappa shape index (κ2) is 8.49. The van der Waals surface area contributed by atoms with Crippen molar-refractivity contribution in [1.82, 2.24) is 14.4 Å². The third-order valence-corrected chi connectivity index (χ3v) is 6.82. The quantitative estimate of drug-likeness (QED) is 0.719. The summed E-state index contributed by atoms with van der Waals surface area (Å²) in [6.07, 6.45) is 6.03. The van der Waals surface area contributed by atoms with E-state index in [9.17, 15) is 10.1 Å². The molecule has 0 spiro atoms. The summed E-state index contributed by atoms with van der Waals surface area (Å²) in [6.45, 7) is 6.02. The molecular formula is C20H30N4OS. The summed E-state index contributed by atoms with van der Waals surface area (Å²) in [5, 5.41) is 9.24. The van der Waals surface area contributed by atoms with Crippen molar-refractivity contribution >= 4 is 17.7 Å². The monoisotopic (exact) mass is 374 g/mol. The van der Waals surface area contributed by atoms with Gasteiger partial charge in [-0.2, -0.15) is 17.0 Å². The Balaban J connectivity index is 1.63. The van der Waals surface area contributed by atoms with Crippen LogP contribution in [0.25, 0.3) is 0 Å². The first-order chi connectivity index (χ1) is 12.5. The lowest BCUT2D eigenvalue weighted by Gasteiger charge is -2.47. The van der Waals surface area contributed by atoms with Crippen molar-refractivity contribution in [3.8, 4) is 6.07 Å². The summed E-state index contributed by atoms with van der Waals surface area (Å²) < 4.78 is 1.98. The summed E-state index contributed by atoms with van der Waals surface area (Å²) in [6, 6.07) is 4.73. The van der Waals surface area contributed by atoms with Crippen LogP contribution in [0, 0.1) is 24.2 Å². The van der Waals surface area contributed by atoms with E-state index >= 15 is 0 Å². The van der Waals surface area contributed by atoms with E-state index < -0.39 is 0 Å². The first-order valence-electron chi connectivity index (χ1n) is 9.61. The molecule has 2 fully saturated rings. The molecule has 2 atom stereocenters. The van der Waals surface area contributed by atoms with E-state index in [1.54, 1.807) is 0 Å². The highest BCUT2D eigenvalue weighted by Gasteiger charge is 2.38. The first kappa shape index (κ1) is 19.3. The number of piperidine rings is 2. The van der Waals surface area contributed by atoms with Crippen LogP contribution in [-0.4, -0.2) is 58.0 Å². The molecule has 0 aliphatic carbocycles. The molecule has 2 saturated heterocycles. The van der Waals surface area contributed by atoms with Crippen LogP contribution in [0.4, 0.5) is 0 Å². The van der Waals surface area contributed by atoms with Crippen molar-refractivity contribution in [3.63, 3.8) is 0 Å². The van der Waals surface area contributed by atoms with Gasteiger partial charge in [-0.05, 0) is 55.7 Å². The number of carbonyl (C=O) groups excluding carboxylic acids is 1. The van der Waals surface area contributed by atoms with Crippen molar-refractivity contribution in [2.75, 3.05) is 31.6 Å². The van der Waals surface area contributed by atoms with E-state index in [-0.39, 0.29) is 0 Å². The zero-order chi connectivity index (χ0) is 18.7. The van der Waals surface area contributed by atoms with Gasteiger partial charge in [0.2, 0.25) is 5.91 Å². The van der Waals surface area contributed by atoms with Gasteiger partial charge in [0.1, 0.15) is 11.8 Å². The lowest BCUT2D eigenvalue weighted by molar-refractivity contribution is -0.141. The fourth-order valence-electron chi connectivity index (χ4n) is 4.51. The van der Waals surface area contributed by atoms with Gasteiger partial charge in [0.15, 0.2) is 0 Å². The maximum absolute atomic E-state index is 12.4. The van der Waals surface area contributed by atoms with Crippen LogP contribution in [0.3, 0.4) is 0 Å². The van der Waals surface area contributed by atoms with Gasteiger partial charge >= 0.3 is 0 Å². The molecular weight excluding hydrogens is 344 g/mol. The molecule has 6 heteroatoms. The fraction of sp³-hybridized carbons (Fsp3) is 0.700. The van der Waals surface area contributed by atoms with Gasteiger partial charge in [0.25, 0.3) is 0 Å². The predicted octanol–water partition coefficient (Wildman–Crippen LogP) is 2.77. The minimum Gasteiger partial charge on any atom is -0.340 e. The number of hydrogen-bond donors (Lipinski definition) is 0. The van der Waals surface area contributed by atoms with Gasteiger partial charge in [-0.25, -0.2) is 0 Å². The highest BCUT2D eigenvalue weighted by molar-refractivity contribution is 7.98. The molecule has 1 aromatic rings.